The van der Waals surface area contributed by atoms with E-state index < -0.39 is 0 Å². The van der Waals surface area contributed by atoms with Crippen molar-refractivity contribution >= 4 is 0 Å². The Morgan fingerprint density at radius 1 is 1.08 bits per heavy atom. The van der Waals surface area contributed by atoms with Crippen LogP contribution in [0.3, 0.4) is 0 Å². The normalized spacial score (nSPS) is 38.8. The van der Waals surface area contributed by atoms with Crippen LogP contribution in [0.2, 0.25) is 0 Å². The fourth-order valence-electron chi connectivity index (χ4n) is 2.40. The van der Waals surface area contributed by atoms with E-state index in [9.17, 15) is 0 Å². The molecule has 0 saturated carbocycles. The molecule has 2 aliphatic rings. The predicted molar refractivity (Wildman–Crippen MR) is 51.0 cm³/mol. The van der Waals surface area contributed by atoms with E-state index in [2.05, 4.69) is 17.1 Å². The molecule has 2 heteroatoms. The average Bonchev–Trinajstić information content (AvgIpc) is 2.28. The Hall–Kier alpha value is -0.0800. The first-order chi connectivity index (χ1) is 5.86. The van der Waals surface area contributed by atoms with E-state index in [0.29, 0.717) is 6.17 Å². The van der Waals surface area contributed by atoms with Crippen LogP contribution in [-0.2, 0) is 0 Å². The molecule has 2 nitrogen and oxygen atoms in total. The molecule has 0 aromatic rings. The van der Waals surface area contributed by atoms with Crippen LogP contribution in [-0.4, -0.2) is 30.2 Å². The topological polar surface area (TPSA) is 15.3 Å². The van der Waals surface area contributed by atoms with Gasteiger partial charge in [0.1, 0.15) is 0 Å². The zero-order chi connectivity index (χ0) is 8.39. The summed E-state index contributed by atoms with van der Waals surface area (Å²) in [5, 5.41) is 3.68. The van der Waals surface area contributed by atoms with Gasteiger partial charge in [-0.2, -0.15) is 0 Å². The van der Waals surface area contributed by atoms with Crippen molar-refractivity contribution in [2.24, 2.45) is 0 Å². The number of nitrogens with zero attached hydrogens (tertiary/aromatic N) is 1. The molecule has 2 fully saturated rings. The lowest BCUT2D eigenvalue weighted by atomic mass is 10.1. The molecular weight excluding hydrogens is 148 g/mol. The Bertz CT molecular complexity index is 147. The molecule has 2 saturated heterocycles. The van der Waals surface area contributed by atoms with Crippen LogP contribution in [0.4, 0.5) is 0 Å². The van der Waals surface area contributed by atoms with Crippen LogP contribution >= 0.6 is 0 Å². The minimum Gasteiger partial charge on any atom is -0.299 e. The van der Waals surface area contributed by atoms with Gasteiger partial charge in [0.15, 0.2) is 0 Å². The minimum atomic E-state index is 0.705. The van der Waals surface area contributed by atoms with E-state index in [1.165, 1.54) is 45.2 Å². The number of hydrogen-bond donors (Lipinski definition) is 1. The van der Waals surface area contributed by atoms with Crippen molar-refractivity contribution in [3.8, 4) is 0 Å². The molecule has 2 rings (SSSR count). The molecule has 0 aliphatic carbocycles. The van der Waals surface area contributed by atoms with Crippen LogP contribution in [0.1, 0.15) is 39.0 Å². The summed E-state index contributed by atoms with van der Waals surface area (Å²) in [6, 6.07) is 0.740. The van der Waals surface area contributed by atoms with Gasteiger partial charge in [-0.15, -0.1) is 0 Å². The highest BCUT2D eigenvalue weighted by Crippen LogP contribution is 2.19. The molecule has 2 atom stereocenters. The molecule has 2 aliphatic heterocycles. The van der Waals surface area contributed by atoms with Crippen molar-refractivity contribution in [3.63, 3.8) is 0 Å². The van der Waals surface area contributed by atoms with Gasteiger partial charge < -0.3 is 0 Å². The maximum atomic E-state index is 3.68. The van der Waals surface area contributed by atoms with E-state index in [4.69, 9.17) is 0 Å². The quantitative estimate of drug-likeness (QED) is 0.590. The molecule has 1 N–H and O–H groups in total. The van der Waals surface area contributed by atoms with Gasteiger partial charge in [0.2, 0.25) is 0 Å². The highest BCUT2D eigenvalue weighted by molar-refractivity contribution is 4.81. The summed E-state index contributed by atoms with van der Waals surface area (Å²) in [7, 11) is 0. The zero-order valence-electron chi connectivity index (χ0n) is 8.05. The Morgan fingerprint density at radius 2 is 2.00 bits per heavy atom. The van der Waals surface area contributed by atoms with Gasteiger partial charge in [-0.3, -0.25) is 10.2 Å². The van der Waals surface area contributed by atoms with Crippen LogP contribution in [0.15, 0.2) is 0 Å². The summed E-state index contributed by atoms with van der Waals surface area (Å²) in [4.78, 5) is 2.63. The van der Waals surface area contributed by atoms with Crippen LogP contribution < -0.4 is 5.32 Å². The monoisotopic (exact) mass is 168 g/mol. The molecule has 0 aromatic heterocycles. The average molecular weight is 168 g/mol. The Balaban J connectivity index is 1.94. The number of fused-ring (bicyclic) bond motifs is 1. The van der Waals surface area contributed by atoms with Gasteiger partial charge in [-0.1, -0.05) is 12.8 Å². The van der Waals surface area contributed by atoms with Gasteiger partial charge in [-0.25, -0.2) is 0 Å². The third kappa shape index (κ3) is 1.80. The summed E-state index contributed by atoms with van der Waals surface area (Å²) >= 11 is 0. The second kappa shape index (κ2) is 3.75. The third-order valence-electron chi connectivity index (χ3n) is 3.19. The molecule has 2 heterocycles. The van der Waals surface area contributed by atoms with E-state index >= 15 is 0 Å². The van der Waals surface area contributed by atoms with Crippen molar-refractivity contribution < 1.29 is 0 Å². The molecule has 0 aromatic carbocycles. The van der Waals surface area contributed by atoms with Crippen LogP contribution in [0.5, 0.6) is 0 Å². The maximum Gasteiger partial charge on any atom is 0.0599 e. The van der Waals surface area contributed by atoms with Gasteiger partial charge in [-0.05, 0) is 32.7 Å². The number of nitrogens with one attached hydrogen (secondary N) is 1. The number of hydrogen-bond acceptors (Lipinski definition) is 2. The van der Waals surface area contributed by atoms with Crippen molar-refractivity contribution in [2.45, 2.75) is 51.2 Å². The lowest BCUT2D eigenvalue weighted by Gasteiger charge is -2.38. The fraction of sp³-hybridized carbons (Fsp3) is 1.00. The summed E-state index contributed by atoms with van der Waals surface area (Å²) in [6.45, 7) is 4.95. The highest BCUT2D eigenvalue weighted by Gasteiger charge is 2.25. The standard InChI is InChI=1S/C10H20N2/c1-9-6-8-12-7-4-2-3-5-10(12)11-9/h9-11H,2-8H2,1H3. The first-order valence-electron chi connectivity index (χ1n) is 5.36. The Labute approximate surface area is 75.3 Å². The van der Waals surface area contributed by atoms with Crippen molar-refractivity contribution in [2.75, 3.05) is 13.1 Å². The SMILES string of the molecule is CC1CCN2CCCCCC2N1. The predicted octanol–water partition coefficient (Wildman–Crippen LogP) is 1.57. The highest BCUT2D eigenvalue weighted by atomic mass is 15.3. The maximum absolute atomic E-state index is 3.68. The molecule has 0 amide bonds. The lowest BCUT2D eigenvalue weighted by molar-refractivity contribution is 0.110. The molecule has 2 unspecified atom stereocenters. The Morgan fingerprint density at radius 3 is 2.92 bits per heavy atom. The molecule has 12 heavy (non-hydrogen) atoms. The fourth-order valence-corrected chi connectivity index (χ4v) is 2.40. The van der Waals surface area contributed by atoms with Crippen molar-refractivity contribution in [3.05, 3.63) is 0 Å². The van der Waals surface area contributed by atoms with Gasteiger partial charge in [0.05, 0.1) is 6.17 Å². The summed E-state index contributed by atoms with van der Waals surface area (Å²) < 4.78 is 0. The molecule has 70 valence electrons. The largest absolute Gasteiger partial charge is 0.299 e. The zero-order valence-corrected chi connectivity index (χ0v) is 8.05. The second-order valence-electron chi connectivity index (χ2n) is 4.26. The van der Waals surface area contributed by atoms with Crippen LogP contribution in [0.25, 0.3) is 0 Å². The smallest absolute Gasteiger partial charge is 0.0599 e. The summed E-state index contributed by atoms with van der Waals surface area (Å²) in [6.07, 6.45) is 7.66. The summed E-state index contributed by atoms with van der Waals surface area (Å²) in [5.41, 5.74) is 0. The first-order valence-corrected chi connectivity index (χ1v) is 5.36. The van der Waals surface area contributed by atoms with Gasteiger partial charge in [0.25, 0.3) is 0 Å². The van der Waals surface area contributed by atoms with E-state index in [1.54, 1.807) is 0 Å². The molecule has 0 bridgehead atoms. The van der Waals surface area contributed by atoms with E-state index in [0.717, 1.165) is 6.04 Å². The second-order valence-corrected chi connectivity index (χ2v) is 4.26. The Kier molecular flexibility index (Phi) is 2.66. The minimum absolute atomic E-state index is 0.705. The number of rotatable bonds is 0. The molecule has 0 radical (unpaired) electrons. The van der Waals surface area contributed by atoms with Crippen molar-refractivity contribution in [1.29, 1.82) is 0 Å². The summed E-state index contributed by atoms with van der Waals surface area (Å²) in [5.74, 6) is 0. The molecule has 0 spiro atoms. The van der Waals surface area contributed by atoms with E-state index in [1.807, 2.05) is 0 Å². The molecular formula is C10H20N2. The van der Waals surface area contributed by atoms with Crippen LogP contribution in [0, 0.1) is 0 Å². The third-order valence-corrected chi connectivity index (χ3v) is 3.19. The van der Waals surface area contributed by atoms with Crippen molar-refractivity contribution in [1.82, 2.24) is 10.2 Å². The van der Waals surface area contributed by atoms with Gasteiger partial charge in [0, 0.05) is 12.6 Å². The van der Waals surface area contributed by atoms with E-state index in [-0.39, 0.29) is 0 Å². The lowest BCUT2D eigenvalue weighted by Crippen LogP contribution is -2.54. The first kappa shape index (κ1) is 8.52. The van der Waals surface area contributed by atoms with Gasteiger partial charge >= 0.3 is 0 Å².